The molecule has 3 nitrogen and oxygen atoms in total. The molecular weight excluding hydrogens is 210 g/mol. The van der Waals surface area contributed by atoms with E-state index in [1.807, 2.05) is 0 Å². The molecule has 0 aromatic carbocycles. The van der Waals surface area contributed by atoms with Gasteiger partial charge in [-0.05, 0) is 57.5 Å². The Hall–Kier alpha value is -1.35. The minimum atomic E-state index is 0.627. The van der Waals surface area contributed by atoms with Crippen LogP contribution < -0.4 is 5.32 Å². The number of rotatable bonds is 1. The van der Waals surface area contributed by atoms with Crippen LogP contribution in [0.15, 0.2) is 18.3 Å². The normalized spacial score (nSPS) is 17.8. The Morgan fingerprint density at radius 3 is 2.82 bits per heavy atom. The Kier molecular flexibility index (Phi) is 2.63. The fourth-order valence-electron chi connectivity index (χ4n) is 2.77. The first-order valence-corrected chi connectivity index (χ1v) is 6.41. The summed E-state index contributed by atoms with van der Waals surface area (Å²) in [4.78, 5) is 4.79. The van der Waals surface area contributed by atoms with Crippen LogP contribution >= 0.6 is 0 Å². The van der Waals surface area contributed by atoms with Crippen molar-refractivity contribution in [3.63, 3.8) is 0 Å². The first kappa shape index (κ1) is 10.8. The molecule has 3 heterocycles. The summed E-state index contributed by atoms with van der Waals surface area (Å²) in [5.41, 5.74) is 3.91. The maximum Gasteiger partial charge on any atom is 0.110 e. The van der Waals surface area contributed by atoms with Gasteiger partial charge in [0.1, 0.15) is 5.82 Å². The molecular formula is C14H19N3. The molecule has 17 heavy (non-hydrogen) atoms. The lowest BCUT2D eigenvalue weighted by molar-refractivity contribution is 0.456. The van der Waals surface area contributed by atoms with Gasteiger partial charge in [-0.3, -0.25) is 0 Å². The van der Waals surface area contributed by atoms with E-state index in [1.165, 1.54) is 29.6 Å². The third-order valence-electron chi connectivity index (χ3n) is 3.73. The fourth-order valence-corrected chi connectivity index (χ4v) is 2.77. The predicted octanol–water partition coefficient (Wildman–Crippen LogP) is 2.42. The zero-order valence-electron chi connectivity index (χ0n) is 10.5. The number of aryl methyl sites for hydroxylation is 2. The van der Waals surface area contributed by atoms with Crippen molar-refractivity contribution in [3.05, 3.63) is 35.4 Å². The van der Waals surface area contributed by atoms with Crippen LogP contribution in [0.3, 0.4) is 0 Å². The highest BCUT2D eigenvalue weighted by atomic mass is 15.0. The minimum absolute atomic E-state index is 0.627. The molecule has 0 atom stereocenters. The maximum absolute atomic E-state index is 4.79. The number of nitrogens with one attached hydrogen (secondary N) is 1. The molecule has 1 saturated heterocycles. The lowest BCUT2D eigenvalue weighted by atomic mass is 9.94. The molecule has 1 N–H and O–H groups in total. The van der Waals surface area contributed by atoms with Crippen molar-refractivity contribution in [1.82, 2.24) is 14.7 Å². The number of aromatic nitrogens is 2. The summed E-state index contributed by atoms with van der Waals surface area (Å²) in [6.07, 6.45) is 4.55. The fraction of sp³-hybridized carbons (Fsp3) is 0.500. The molecule has 0 spiro atoms. The molecule has 0 amide bonds. The van der Waals surface area contributed by atoms with Crippen molar-refractivity contribution in [2.45, 2.75) is 32.6 Å². The zero-order chi connectivity index (χ0) is 11.8. The molecule has 0 saturated carbocycles. The second-order valence-electron chi connectivity index (χ2n) is 5.03. The molecule has 0 aliphatic carbocycles. The van der Waals surface area contributed by atoms with Gasteiger partial charge in [0.15, 0.2) is 0 Å². The van der Waals surface area contributed by atoms with E-state index in [4.69, 9.17) is 4.98 Å². The topological polar surface area (TPSA) is 29.3 Å². The van der Waals surface area contributed by atoms with Crippen molar-refractivity contribution >= 4 is 5.52 Å². The van der Waals surface area contributed by atoms with Gasteiger partial charge in [-0.25, -0.2) is 4.98 Å². The molecule has 3 heteroatoms. The van der Waals surface area contributed by atoms with E-state index < -0.39 is 0 Å². The number of hydrogen-bond donors (Lipinski definition) is 1. The molecule has 3 rings (SSSR count). The lowest BCUT2D eigenvalue weighted by Gasteiger charge is -2.21. The van der Waals surface area contributed by atoms with Crippen LogP contribution in [-0.2, 0) is 0 Å². The van der Waals surface area contributed by atoms with Crippen molar-refractivity contribution < 1.29 is 0 Å². The molecule has 2 aromatic rings. The van der Waals surface area contributed by atoms with Crippen molar-refractivity contribution in [1.29, 1.82) is 0 Å². The summed E-state index contributed by atoms with van der Waals surface area (Å²) in [6, 6.07) is 4.41. The molecule has 0 unspecified atom stereocenters. The maximum atomic E-state index is 4.79. The smallest absolute Gasteiger partial charge is 0.110 e. The second kappa shape index (κ2) is 4.15. The molecule has 1 aliphatic rings. The highest BCUT2D eigenvalue weighted by Crippen LogP contribution is 2.28. The molecule has 90 valence electrons. The molecule has 1 aliphatic heterocycles. The van der Waals surface area contributed by atoms with Gasteiger partial charge in [-0.2, -0.15) is 0 Å². The van der Waals surface area contributed by atoms with Crippen LogP contribution in [0.25, 0.3) is 5.52 Å². The van der Waals surface area contributed by atoms with Crippen LogP contribution in [0.4, 0.5) is 0 Å². The number of imidazole rings is 1. The third-order valence-corrected chi connectivity index (χ3v) is 3.73. The van der Waals surface area contributed by atoms with E-state index in [0.717, 1.165) is 18.9 Å². The van der Waals surface area contributed by atoms with E-state index in [9.17, 15) is 0 Å². The SMILES string of the molecule is Cc1ccn2c(C)nc(C3CCNCC3)c2c1. The van der Waals surface area contributed by atoms with Gasteiger partial charge < -0.3 is 9.72 Å². The second-order valence-corrected chi connectivity index (χ2v) is 5.03. The monoisotopic (exact) mass is 229 g/mol. The quantitative estimate of drug-likeness (QED) is 0.813. The Morgan fingerprint density at radius 2 is 2.06 bits per heavy atom. The van der Waals surface area contributed by atoms with E-state index >= 15 is 0 Å². The zero-order valence-corrected chi connectivity index (χ0v) is 10.5. The number of nitrogens with zero attached hydrogens (tertiary/aromatic N) is 2. The largest absolute Gasteiger partial charge is 0.317 e. The summed E-state index contributed by atoms with van der Waals surface area (Å²) < 4.78 is 2.21. The molecule has 2 aromatic heterocycles. The van der Waals surface area contributed by atoms with Gasteiger partial charge in [0.25, 0.3) is 0 Å². The lowest BCUT2D eigenvalue weighted by Crippen LogP contribution is -2.26. The van der Waals surface area contributed by atoms with Gasteiger partial charge >= 0.3 is 0 Å². The van der Waals surface area contributed by atoms with Crippen LogP contribution in [0.5, 0.6) is 0 Å². The van der Waals surface area contributed by atoms with Crippen molar-refractivity contribution in [2.75, 3.05) is 13.1 Å². The van der Waals surface area contributed by atoms with Gasteiger partial charge in [0.2, 0.25) is 0 Å². The Labute approximate surface area is 102 Å². The van der Waals surface area contributed by atoms with E-state index in [1.54, 1.807) is 0 Å². The molecule has 0 radical (unpaired) electrons. The highest BCUT2D eigenvalue weighted by molar-refractivity contribution is 5.56. The van der Waals surface area contributed by atoms with Crippen molar-refractivity contribution in [2.24, 2.45) is 0 Å². The highest BCUT2D eigenvalue weighted by Gasteiger charge is 2.20. The third kappa shape index (κ3) is 1.84. The molecule has 1 fully saturated rings. The van der Waals surface area contributed by atoms with E-state index in [-0.39, 0.29) is 0 Å². The summed E-state index contributed by atoms with van der Waals surface area (Å²) >= 11 is 0. The van der Waals surface area contributed by atoms with Crippen LogP contribution in [0.2, 0.25) is 0 Å². The first-order chi connectivity index (χ1) is 8.25. The van der Waals surface area contributed by atoms with Gasteiger partial charge in [-0.1, -0.05) is 0 Å². The first-order valence-electron chi connectivity index (χ1n) is 6.41. The van der Waals surface area contributed by atoms with Crippen molar-refractivity contribution in [3.8, 4) is 0 Å². The standard InChI is InChI=1S/C14H19N3/c1-10-5-8-17-11(2)16-14(13(17)9-10)12-3-6-15-7-4-12/h5,8-9,12,15H,3-4,6-7H2,1-2H3. The predicted molar refractivity (Wildman–Crippen MR) is 69.5 cm³/mol. The van der Waals surface area contributed by atoms with Gasteiger partial charge in [-0.15, -0.1) is 0 Å². The minimum Gasteiger partial charge on any atom is -0.317 e. The van der Waals surface area contributed by atoms with E-state index in [0.29, 0.717) is 5.92 Å². The van der Waals surface area contributed by atoms with Crippen LogP contribution in [0, 0.1) is 13.8 Å². The summed E-state index contributed by atoms with van der Waals surface area (Å²) in [7, 11) is 0. The summed E-state index contributed by atoms with van der Waals surface area (Å²) in [6.45, 7) is 6.48. The number of fused-ring (bicyclic) bond motifs is 1. The van der Waals surface area contributed by atoms with E-state index in [2.05, 4.69) is 41.9 Å². The molecule has 0 bridgehead atoms. The average Bonchev–Trinajstić information content (AvgIpc) is 2.67. The number of pyridine rings is 1. The van der Waals surface area contributed by atoms with Crippen LogP contribution in [0.1, 0.15) is 35.8 Å². The van der Waals surface area contributed by atoms with Gasteiger partial charge in [0, 0.05) is 12.1 Å². The summed E-state index contributed by atoms with van der Waals surface area (Å²) in [5.74, 6) is 1.73. The Morgan fingerprint density at radius 1 is 1.29 bits per heavy atom. The van der Waals surface area contributed by atoms with Gasteiger partial charge in [0.05, 0.1) is 11.2 Å². The van der Waals surface area contributed by atoms with Crippen LogP contribution in [-0.4, -0.2) is 22.5 Å². The summed E-state index contributed by atoms with van der Waals surface area (Å²) in [5, 5.41) is 3.42. The Bertz CT molecular complexity index is 536. The Balaban J connectivity index is 2.11. The number of hydrogen-bond acceptors (Lipinski definition) is 2. The number of piperidine rings is 1. The average molecular weight is 229 g/mol.